The van der Waals surface area contributed by atoms with E-state index in [1.807, 2.05) is 12.2 Å². The zero-order chi connectivity index (χ0) is 36.0. The third-order valence-electron chi connectivity index (χ3n) is 8.79. The van der Waals surface area contributed by atoms with Crippen LogP contribution in [0.5, 0.6) is 5.75 Å². The Morgan fingerprint density at radius 1 is 0.851 bits per heavy atom. The van der Waals surface area contributed by atoms with Crippen molar-refractivity contribution < 1.29 is 5.11 Å². The molecule has 1 N–H and O–H groups in total. The highest BCUT2D eigenvalue weighted by Gasteiger charge is 2.35. The van der Waals surface area contributed by atoms with Gasteiger partial charge in [0.25, 0.3) is 0 Å². The first-order valence-electron chi connectivity index (χ1n) is 17.2. The SMILES string of the molecule is C=C/C=C\C=C/CC(c1ccccc1)C(/C(C=C)=C/C(=C(/P)CC(C)(C)C)C(C)(C)C)c1cc(C(C)(C)C)c(O)c(C(C)(C)C)c1C. The highest BCUT2D eigenvalue weighted by atomic mass is 31.0. The maximum atomic E-state index is 11.9. The van der Waals surface area contributed by atoms with E-state index in [9.17, 15) is 5.11 Å². The second-order valence-electron chi connectivity index (χ2n) is 17.4. The second-order valence-corrected chi connectivity index (χ2v) is 18.1. The van der Waals surface area contributed by atoms with E-state index in [2.05, 4.69) is 173 Å². The molecule has 0 aliphatic carbocycles. The molecule has 3 atom stereocenters. The third-order valence-corrected chi connectivity index (χ3v) is 9.30. The van der Waals surface area contributed by atoms with Crippen LogP contribution in [0.3, 0.4) is 0 Å². The van der Waals surface area contributed by atoms with Gasteiger partial charge in [0.1, 0.15) is 5.75 Å². The summed E-state index contributed by atoms with van der Waals surface area (Å²) in [4.78, 5) is 0. The van der Waals surface area contributed by atoms with Crippen LogP contribution in [-0.4, -0.2) is 5.11 Å². The number of allylic oxidation sites excluding steroid dienone is 10. The van der Waals surface area contributed by atoms with Crippen LogP contribution < -0.4 is 0 Å². The molecule has 0 amide bonds. The summed E-state index contributed by atoms with van der Waals surface area (Å²) in [5.74, 6) is 0.526. The molecule has 2 rings (SSSR count). The predicted molar refractivity (Wildman–Crippen MR) is 214 cm³/mol. The summed E-state index contributed by atoms with van der Waals surface area (Å²) in [5, 5.41) is 13.2. The van der Waals surface area contributed by atoms with E-state index in [4.69, 9.17) is 0 Å². The maximum absolute atomic E-state index is 11.9. The van der Waals surface area contributed by atoms with Crippen LogP contribution in [0.15, 0.2) is 109 Å². The van der Waals surface area contributed by atoms with Crippen LogP contribution in [-0.2, 0) is 10.8 Å². The molecule has 2 aromatic rings. The minimum atomic E-state index is -0.249. The van der Waals surface area contributed by atoms with Crippen molar-refractivity contribution in [1.82, 2.24) is 0 Å². The van der Waals surface area contributed by atoms with Crippen LogP contribution in [0.2, 0.25) is 0 Å². The normalized spacial score (nSPS) is 15.6. The number of hydrogen-bond donors (Lipinski definition) is 1. The molecule has 0 fully saturated rings. The Kier molecular flexibility index (Phi) is 13.7. The van der Waals surface area contributed by atoms with Crippen molar-refractivity contribution in [2.75, 3.05) is 0 Å². The van der Waals surface area contributed by atoms with Crippen molar-refractivity contribution in [1.29, 1.82) is 0 Å². The van der Waals surface area contributed by atoms with Gasteiger partial charge in [0, 0.05) is 11.5 Å². The maximum Gasteiger partial charge on any atom is 0.123 e. The van der Waals surface area contributed by atoms with E-state index >= 15 is 0 Å². The summed E-state index contributed by atoms with van der Waals surface area (Å²) >= 11 is 0. The molecule has 0 aliphatic heterocycles. The molecule has 0 aliphatic rings. The van der Waals surface area contributed by atoms with E-state index in [1.165, 1.54) is 27.6 Å². The fraction of sp³-hybridized carbons (Fsp3) is 0.467. The predicted octanol–water partition coefficient (Wildman–Crippen LogP) is 13.6. The number of aromatic hydroxyl groups is 1. The molecule has 2 heteroatoms. The first kappa shape index (κ1) is 40.3. The largest absolute Gasteiger partial charge is 0.507 e. The molecule has 1 nitrogen and oxygen atoms in total. The average Bonchev–Trinajstić information content (AvgIpc) is 2.91. The standard InChI is InChI=1S/C45H65OP/c1-16-18-19-20-24-27-34(33-25-22-21-23-26-33)39(32(17-2)28-36(43(7,8)9)38(47)30-42(4,5)6)35-29-37(44(10,11)12)41(46)40(31(35)3)45(13,14)15/h16-26,28-29,34,39,46H,1-2,27,30,47H2,3-15H3/b19-18-,24-20-,32-28+,38-36-. The molecule has 0 bridgehead atoms. The molecular formula is C45H65OP. The van der Waals surface area contributed by atoms with Crippen molar-refractivity contribution in [3.05, 3.63) is 136 Å². The molecule has 2 aromatic carbocycles. The molecule has 3 unspecified atom stereocenters. The molecule has 0 heterocycles. The first-order valence-corrected chi connectivity index (χ1v) is 17.8. The van der Waals surface area contributed by atoms with Crippen LogP contribution in [0.1, 0.15) is 136 Å². The summed E-state index contributed by atoms with van der Waals surface area (Å²) in [7, 11) is 3.09. The summed E-state index contributed by atoms with van der Waals surface area (Å²) in [6.45, 7) is 37.6. The van der Waals surface area contributed by atoms with Crippen molar-refractivity contribution in [3.8, 4) is 5.75 Å². The quantitative estimate of drug-likeness (QED) is 0.189. The van der Waals surface area contributed by atoms with Gasteiger partial charge in [0.2, 0.25) is 0 Å². The van der Waals surface area contributed by atoms with Crippen LogP contribution in [0, 0.1) is 17.8 Å². The lowest BCUT2D eigenvalue weighted by molar-refractivity contribution is 0.410. The zero-order valence-electron chi connectivity index (χ0n) is 32.0. The Balaban J connectivity index is 3.23. The monoisotopic (exact) mass is 652 g/mol. The third kappa shape index (κ3) is 11.1. The number of phenols is 1. The number of hydrogen-bond acceptors (Lipinski definition) is 1. The van der Waals surface area contributed by atoms with Crippen LogP contribution in [0.4, 0.5) is 0 Å². The van der Waals surface area contributed by atoms with Gasteiger partial charge in [-0.3, -0.25) is 0 Å². The van der Waals surface area contributed by atoms with E-state index < -0.39 is 0 Å². The van der Waals surface area contributed by atoms with Crippen molar-refractivity contribution >= 4 is 9.24 Å². The first-order chi connectivity index (χ1) is 21.5. The topological polar surface area (TPSA) is 20.2 Å². The molecule has 47 heavy (non-hydrogen) atoms. The van der Waals surface area contributed by atoms with E-state index in [-0.39, 0.29) is 33.5 Å². The summed E-state index contributed by atoms with van der Waals surface area (Å²) in [6, 6.07) is 13.2. The Hall–Kier alpha value is -2.89. The van der Waals surface area contributed by atoms with Gasteiger partial charge < -0.3 is 5.11 Å². The minimum absolute atomic E-state index is 0.0180. The molecule has 0 radical (unpaired) electrons. The lowest BCUT2D eigenvalue weighted by atomic mass is 9.68. The van der Waals surface area contributed by atoms with E-state index in [1.54, 1.807) is 6.08 Å². The summed E-state index contributed by atoms with van der Waals surface area (Å²) < 4.78 is 0. The van der Waals surface area contributed by atoms with Gasteiger partial charge >= 0.3 is 0 Å². The van der Waals surface area contributed by atoms with Crippen molar-refractivity contribution in [3.63, 3.8) is 0 Å². The lowest BCUT2D eigenvalue weighted by Crippen LogP contribution is -2.23. The van der Waals surface area contributed by atoms with Crippen molar-refractivity contribution in [2.45, 2.75) is 126 Å². The van der Waals surface area contributed by atoms with Crippen molar-refractivity contribution in [2.24, 2.45) is 10.8 Å². The molecule has 0 saturated heterocycles. The van der Waals surface area contributed by atoms with Gasteiger partial charge in [-0.15, -0.1) is 9.24 Å². The lowest BCUT2D eigenvalue weighted by Gasteiger charge is -2.36. The average molecular weight is 653 g/mol. The minimum Gasteiger partial charge on any atom is -0.507 e. The second kappa shape index (κ2) is 16.0. The number of benzene rings is 2. The Labute approximate surface area is 292 Å². The Morgan fingerprint density at radius 2 is 1.45 bits per heavy atom. The molecule has 0 aromatic heterocycles. The molecule has 0 spiro atoms. The highest BCUT2D eigenvalue weighted by molar-refractivity contribution is 7.22. The van der Waals surface area contributed by atoms with Gasteiger partial charge in [-0.05, 0) is 86.1 Å². The number of rotatable bonds is 11. The van der Waals surface area contributed by atoms with Gasteiger partial charge in [-0.1, -0.05) is 175 Å². The Morgan fingerprint density at radius 3 is 1.91 bits per heavy atom. The summed E-state index contributed by atoms with van der Waals surface area (Å²) in [6.07, 6.45) is 16.6. The van der Waals surface area contributed by atoms with Gasteiger partial charge in [-0.2, -0.15) is 0 Å². The summed E-state index contributed by atoms with van der Waals surface area (Å²) in [5.41, 5.74) is 7.81. The molecular weight excluding hydrogens is 587 g/mol. The highest BCUT2D eigenvalue weighted by Crippen LogP contribution is 2.50. The molecule has 0 saturated carbocycles. The smallest absolute Gasteiger partial charge is 0.123 e. The van der Waals surface area contributed by atoms with Crippen LogP contribution >= 0.6 is 9.24 Å². The van der Waals surface area contributed by atoms with Gasteiger partial charge in [0.05, 0.1) is 0 Å². The zero-order valence-corrected chi connectivity index (χ0v) is 33.2. The fourth-order valence-electron chi connectivity index (χ4n) is 6.74. The number of phenolic OH excluding ortho intramolecular Hbond substituents is 1. The van der Waals surface area contributed by atoms with Gasteiger partial charge in [0.15, 0.2) is 0 Å². The molecule has 256 valence electrons. The fourth-order valence-corrected chi connectivity index (χ4v) is 7.87. The van der Waals surface area contributed by atoms with Gasteiger partial charge in [-0.25, -0.2) is 0 Å². The van der Waals surface area contributed by atoms with E-state index in [0.29, 0.717) is 5.75 Å². The van der Waals surface area contributed by atoms with E-state index in [0.717, 1.165) is 29.5 Å². The Bertz CT molecular complexity index is 1500. The van der Waals surface area contributed by atoms with Crippen LogP contribution in [0.25, 0.3) is 0 Å².